The van der Waals surface area contributed by atoms with Gasteiger partial charge in [-0.05, 0) is 18.2 Å². The number of aromatic nitrogens is 1. The molecule has 0 amide bonds. The van der Waals surface area contributed by atoms with E-state index in [1.807, 2.05) is 50.3 Å². The molecule has 0 spiro atoms. The van der Waals surface area contributed by atoms with E-state index in [1.54, 1.807) is 12.3 Å². The number of hydrogen-bond acceptors (Lipinski definition) is 4. The van der Waals surface area contributed by atoms with Gasteiger partial charge in [-0.3, -0.25) is 0 Å². The van der Waals surface area contributed by atoms with Crippen LogP contribution < -0.4 is 10.2 Å². The first-order valence-electron chi connectivity index (χ1n) is 7.10. The number of aliphatic carboxylic acids is 1. The normalized spacial score (nSPS) is 10.4. The van der Waals surface area contributed by atoms with E-state index in [0.29, 0.717) is 22.9 Å². The highest BCUT2D eigenvalue weighted by atomic mass is 16.5. The van der Waals surface area contributed by atoms with Crippen molar-refractivity contribution in [3.63, 3.8) is 0 Å². The Morgan fingerprint density at radius 1 is 1.22 bits per heavy atom. The van der Waals surface area contributed by atoms with Crippen LogP contribution in [-0.2, 0) is 4.79 Å². The highest BCUT2D eigenvalue weighted by Gasteiger charge is 2.14. The number of oxazole rings is 1. The Morgan fingerprint density at radius 3 is 2.74 bits per heavy atom. The zero-order valence-electron chi connectivity index (χ0n) is 12.5. The maximum atomic E-state index is 10.7. The second-order valence-corrected chi connectivity index (χ2v) is 5.09. The van der Waals surface area contributed by atoms with Crippen LogP contribution in [0.1, 0.15) is 0 Å². The van der Waals surface area contributed by atoms with E-state index in [4.69, 9.17) is 14.3 Å². The molecule has 0 aliphatic heterocycles. The molecule has 3 aromatic rings. The van der Waals surface area contributed by atoms with E-state index in [-0.39, 0.29) is 0 Å². The van der Waals surface area contributed by atoms with E-state index in [9.17, 15) is 4.79 Å². The summed E-state index contributed by atoms with van der Waals surface area (Å²) in [5.41, 5.74) is 3.21. The lowest BCUT2D eigenvalue weighted by atomic mass is 9.93. The molecule has 0 fully saturated rings. The molecule has 2 aromatic carbocycles. The van der Waals surface area contributed by atoms with E-state index in [0.717, 1.165) is 11.0 Å². The van der Waals surface area contributed by atoms with Crippen LogP contribution >= 0.6 is 0 Å². The lowest BCUT2D eigenvalue weighted by molar-refractivity contribution is -0.139. The minimum absolute atomic E-state index is 0.403. The number of ether oxygens (including phenoxy) is 1. The molecule has 1 heterocycles. The van der Waals surface area contributed by atoms with Gasteiger partial charge >= 0.3 is 5.97 Å². The minimum atomic E-state index is -1.03. The highest BCUT2D eigenvalue weighted by molar-refractivity contribution is 6.32. The van der Waals surface area contributed by atoms with Gasteiger partial charge in [0.1, 0.15) is 25.6 Å². The second kappa shape index (κ2) is 6.40. The average Bonchev–Trinajstić information content (AvgIpc) is 3.04. The maximum absolute atomic E-state index is 10.7. The fraction of sp³-hybridized carbons (Fsp3) is 0.0588. The van der Waals surface area contributed by atoms with Gasteiger partial charge in [0.05, 0.1) is 0 Å². The van der Waals surface area contributed by atoms with Gasteiger partial charge in [0.2, 0.25) is 5.89 Å². The molecule has 1 N–H and O–H groups in total. The van der Waals surface area contributed by atoms with Crippen molar-refractivity contribution >= 4 is 19.3 Å². The standard InChI is InChI=1S/C17H14BNO4/c18-12-6-7-15(22-10-16(20)21)13(8-12)14-9-23-17(19-14)11-4-2-1-3-5-11/h1-9H,10,18H2,(H,20,21). The molecule has 5 nitrogen and oxygen atoms in total. The predicted molar refractivity (Wildman–Crippen MR) is 88.7 cm³/mol. The average molecular weight is 307 g/mol. The molecule has 0 bridgehead atoms. The number of benzene rings is 2. The fourth-order valence-corrected chi connectivity index (χ4v) is 2.22. The largest absolute Gasteiger partial charge is 0.481 e. The third kappa shape index (κ3) is 3.43. The Balaban J connectivity index is 1.96. The summed E-state index contributed by atoms with van der Waals surface area (Å²) in [6, 6.07) is 15.1. The van der Waals surface area contributed by atoms with E-state index < -0.39 is 12.6 Å². The topological polar surface area (TPSA) is 72.6 Å². The third-order valence-electron chi connectivity index (χ3n) is 3.29. The molecular formula is C17H14BNO4. The van der Waals surface area contributed by atoms with Crippen LogP contribution in [-0.4, -0.2) is 30.5 Å². The molecule has 3 rings (SSSR count). The Morgan fingerprint density at radius 2 is 2.00 bits per heavy atom. The first kappa shape index (κ1) is 14.9. The number of hydrogen-bond donors (Lipinski definition) is 1. The molecule has 0 aliphatic carbocycles. The van der Waals surface area contributed by atoms with Crippen molar-refractivity contribution < 1.29 is 19.1 Å². The molecule has 0 aliphatic rings. The predicted octanol–water partition coefficient (Wildman–Crippen LogP) is 1.73. The van der Waals surface area contributed by atoms with Gasteiger partial charge in [-0.15, -0.1) is 0 Å². The minimum Gasteiger partial charge on any atom is -0.481 e. The van der Waals surface area contributed by atoms with Gasteiger partial charge in [0, 0.05) is 11.1 Å². The lowest BCUT2D eigenvalue weighted by Crippen LogP contribution is -2.11. The lowest BCUT2D eigenvalue weighted by Gasteiger charge is -2.09. The Bertz CT molecular complexity index is 830. The van der Waals surface area contributed by atoms with Gasteiger partial charge in [0.15, 0.2) is 6.61 Å². The van der Waals surface area contributed by atoms with Crippen LogP contribution in [0.25, 0.3) is 22.7 Å². The molecule has 114 valence electrons. The van der Waals surface area contributed by atoms with Crippen molar-refractivity contribution in [3.8, 4) is 28.5 Å². The van der Waals surface area contributed by atoms with Crippen molar-refractivity contribution in [2.45, 2.75) is 0 Å². The van der Waals surface area contributed by atoms with Gasteiger partial charge in [-0.25, -0.2) is 9.78 Å². The van der Waals surface area contributed by atoms with Gasteiger partial charge in [-0.1, -0.05) is 35.8 Å². The zero-order valence-corrected chi connectivity index (χ0v) is 12.5. The van der Waals surface area contributed by atoms with Crippen LogP contribution in [0.2, 0.25) is 0 Å². The first-order valence-corrected chi connectivity index (χ1v) is 7.10. The first-order chi connectivity index (χ1) is 11.1. The number of rotatable bonds is 5. The van der Waals surface area contributed by atoms with E-state index in [2.05, 4.69) is 4.98 Å². The molecule has 6 heteroatoms. The van der Waals surface area contributed by atoms with Crippen molar-refractivity contribution in [2.75, 3.05) is 6.61 Å². The Hall–Kier alpha value is -3.02. The van der Waals surface area contributed by atoms with Crippen LogP contribution in [0.4, 0.5) is 0 Å². The third-order valence-corrected chi connectivity index (χ3v) is 3.29. The number of carboxylic acids is 1. The fourth-order valence-electron chi connectivity index (χ4n) is 2.22. The Kier molecular flexibility index (Phi) is 4.14. The van der Waals surface area contributed by atoms with Gasteiger partial charge in [-0.2, -0.15) is 0 Å². The van der Waals surface area contributed by atoms with Crippen molar-refractivity contribution in [1.29, 1.82) is 0 Å². The second-order valence-electron chi connectivity index (χ2n) is 5.09. The molecule has 1 aromatic heterocycles. The molecule has 23 heavy (non-hydrogen) atoms. The molecule has 0 saturated heterocycles. The SMILES string of the molecule is Bc1ccc(OCC(=O)O)c(-c2coc(-c3ccccc3)n2)c1. The molecule has 0 saturated carbocycles. The van der Waals surface area contributed by atoms with E-state index in [1.165, 1.54) is 0 Å². The number of carbonyl (C=O) groups is 1. The summed E-state index contributed by atoms with van der Waals surface area (Å²) in [6.07, 6.45) is 1.55. The Labute approximate surface area is 134 Å². The maximum Gasteiger partial charge on any atom is 0.341 e. The summed E-state index contributed by atoms with van der Waals surface area (Å²) in [6.45, 7) is -0.403. The quantitative estimate of drug-likeness (QED) is 0.727. The zero-order chi connectivity index (χ0) is 16.2. The van der Waals surface area contributed by atoms with Gasteiger partial charge in [0.25, 0.3) is 0 Å². The van der Waals surface area contributed by atoms with E-state index >= 15 is 0 Å². The number of nitrogens with zero attached hydrogens (tertiary/aromatic N) is 1. The van der Waals surface area contributed by atoms with Crippen LogP contribution in [0.15, 0.2) is 59.2 Å². The smallest absolute Gasteiger partial charge is 0.341 e. The van der Waals surface area contributed by atoms with Crippen molar-refractivity contribution in [1.82, 2.24) is 4.98 Å². The van der Waals surface area contributed by atoms with Crippen molar-refractivity contribution in [2.24, 2.45) is 0 Å². The van der Waals surface area contributed by atoms with Crippen molar-refractivity contribution in [3.05, 3.63) is 54.8 Å². The summed E-state index contributed by atoms with van der Waals surface area (Å²) in [4.78, 5) is 15.2. The summed E-state index contributed by atoms with van der Waals surface area (Å²) in [7, 11) is 1.95. The number of carboxylic acid groups (broad SMARTS) is 1. The molecule has 0 radical (unpaired) electrons. The summed E-state index contributed by atoms with van der Waals surface area (Å²) in [5, 5.41) is 8.78. The molecular weight excluding hydrogens is 293 g/mol. The van der Waals surface area contributed by atoms with Gasteiger partial charge < -0.3 is 14.3 Å². The monoisotopic (exact) mass is 307 g/mol. The van der Waals surface area contributed by atoms with Crippen LogP contribution in [0.5, 0.6) is 5.75 Å². The highest BCUT2D eigenvalue weighted by Crippen LogP contribution is 2.30. The van der Waals surface area contributed by atoms with Crippen LogP contribution in [0, 0.1) is 0 Å². The summed E-state index contributed by atoms with van der Waals surface area (Å²) < 4.78 is 10.9. The molecule has 0 unspecified atom stereocenters. The molecule has 0 atom stereocenters. The summed E-state index contributed by atoms with van der Waals surface area (Å²) in [5.74, 6) is -0.0566. The summed E-state index contributed by atoms with van der Waals surface area (Å²) >= 11 is 0. The van der Waals surface area contributed by atoms with Crippen LogP contribution in [0.3, 0.4) is 0 Å².